The molecule has 4 heterocycles. The summed E-state index contributed by atoms with van der Waals surface area (Å²) in [7, 11) is 0. The number of hydrogen-bond acceptors (Lipinski definition) is 6. The van der Waals surface area contributed by atoms with Crippen LogP contribution < -0.4 is 4.90 Å². The molecule has 2 aliphatic heterocycles. The maximum Gasteiger partial charge on any atom is 0.173 e. The molecule has 0 bridgehead atoms. The first-order valence-corrected chi connectivity index (χ1v) is 10.4. The van der Waals surface area contributed by atoms with Crippen molar-refractivity contribution in [1.29, 1.82) is 0 Å². The second kappa shape index (κ2) is 7.56. The van der Waals surface area contributed by atoms with Crippen LogP contribution in [0.25, 0.3) is 5.82 Å². The van der Waals surface area contributed by atoms with Crippen molar-refractivity contribution in [2.24, 2.45) is 0 Å². The number of nitrogens with zero attached hydrogens (tertiary/aromatic N) is 7. The number of anilines is 1. The van der Waals surface area contributed by atoms with E-state index in [4.69, 9.17) is 4.98 Å². The highest BCUT2D eigenvalue weighted by atomic mass is 15.4. The predicted octanol–water partition coefficient (Wildman–Crippen LogP) is 1.80. The fraction of sp³-hybridized carbons (Fsp3) is 0.650. The van der Waals surface area contributed by atoms with E-state index in [1.54, 1.807) is 17.1 Å². The minimum atomic E-state index is 0.661. The van der Waals surface area contributed by atoms with Crippen molar-refractivity contribution in [2.45, 2.75) is 44.2 Å². The second-order valence-electron chi connectivity index (χ2n) is 8.11. The van der Waals surface area contributed by atoms with Crippen LogP contribution >= 0.6 is 0 Å². The van der Waals surface area contributed by atoms with E-state index in [1.807, 2.05) is 18.5 Å². The highest BCUT2D eigenvalue weighted by Crippen LogP contribution is 2.26. The fourth-order valence-corrected chi connectivity index (χ4v) is 4.80. The predicted molar refractivity (Wildman–Crippen MR) is 105 cm³/mol. The smallest absolute Gasteiger partial charge is 0.173 e. The lowest BCUT2D eigenvalue weighted by Crippen LogP contribution is -2.64. The quantitative estimate of drug-likeness (QED) is 0.821. The lowest BCUT2D eigenvalue weighted by Gasteiger charge is -2.49. The van der Waals surface area contributed by atoms with Crippen LogP contribution in [0.15, 0.2) is 30.9 Å². The summed E-state index contributed by atoms with van der Waals surface area (Å²) in [5, 5.41) is 4.25. The standard InChI is InChI=1S/C20H29N7/c1-2-5-17(6-3-1)24-9-11-25(12-10-24)18-15-26(16-18)19-13-21-14-20(23-19)27-8-4-7-22-27/h4,7-8,13-14,17-18H,1-3,5-6,9-12,15-16H2. The van der Waals surface area contributed by atoms with Crippen LogP contribution in [-0.4, -0.2) is 80.9 Å². The third-order valence-electron chi connectivity index (χ3n) is 6.49. The van der Waals surface area contributed by atoms with Crippen molar-refractivity contribution in [1.82, 2.24) is 29.5 Å². The second-order valence-corrected chi connectivity index (χ2v) is 8.11. The van der Waals surface area contributed by atoms with Crippen LogP contribution in [0.5, 0.6) is 0 Å². The summed E-state index contributed by atoms with van der Waals surface area (Å²) in [6.45, 7) is 7.04. The molecule has 2 aromatic rings. The molecule has 27 heavy (non-hydrogen) atoms. The Balaban J connectivity index is 1.13. The molecule has 0 N–H and O–H groups in total. The average molecular weight is 368 g/mol. The van der Waals surface area contributed by atoms with E-state index in [1.165, 1.54) is 58.3 Å². The first-order valence-electron chi connectivity index (χ1n) is 10.4. The van der Waals surface area contributed by atoms with Crippen molar-refractivity contribution >= 4 is 5.82 Å². The van der Waals surface area contributed by atoms with Gasteiger partial charge in [-0.1, -0.05) is 19.3 Å². The van der Waals surface area contributed by atoms with E-state index in [2.05, 4.69) is 24.8 Å². The Labute approximate surface area is 161 Å². The Bertz CT molecular complexity index is 727. The van der Waals surface area contributed by atoms with Gasteiger partial charge >= 0.3 is 0 Å². The van der Waals surface area contributed by atoms with Gasteiger partial charge in [-0.2, -0.15) is 5.10 Å². The molecular formula is C20H29N7. The highest BCUT2D eigenvalue weighted by Gasteiger charge is 2.35. The lowest BCUT2D eigenvalue weighted by atomic mass is 9.93. The molecule has 3 fully saturated rings. The summed E-state index contributed by atoms with van der Waals surface area (Å²) < 4.78 is 1.76. The zero-order valence-electron chi connectivity index (χ0n) is 16.0. The zero-order valence-corrected chi connectivity index (χ0v) is 16.0. The summed E-state index contributed by atoms with van der Waals surface area (Å²) >= 11 is 0. The van der Waals surface area contributed by atoms with Crippen molar-refractivity contribution < 1.29 is 0 Å². The molecule has 5 rings (SSSR count). The first kappa shape index (κ1) is 17.1. The number of piperazine rings is 1. The molecule has 7 heteroatoms. The maximum atomic E-state index is 4.73. The monoisotopic (exact) mass is 367 g/mol. The van der Waals surface area contributed by atoms with Crippen LogP contribution in [0.4, 0.5) is 5.82 Å². The molecule has 2 saturated heterocycles. The number of rotatable bonds is 4. The van der Waals surface area contributed by atoms with Crippen molar-refractivity contribution in [3.05, 3.63) is 30.9 Å². The van der Waals surface area contributed by atoms with Crippen LogP contribution in [0.2, 0.25) is 0 Å². The molecule has 3 aliphatic rings. The Kier molecular flexibility index (Phi) is 4.80. The molecule has 144 valence electrons. The lowest BCUT2D eigenvalue weighted by molar-refractivity contribution is 0.0487. The van der Waals surface area contributed by atoms with Crippen LogP contribution in [0.3, 0.4) is 0 Å². The Morgan fingerprint density at radius 1 is 0.815 bits per heavy atom. The molecule has 2 aromatic heterocycles. The van der Waals surface area contributed by atoms with Crippen molar-refractivity contribution in [3.63, 3.8) is 0 Å². The number of hydrogen-bond donors (Lipinski definition) is 0. The largest absolute Gasteiger partial charge is 0.352 e. The molecule has 1 aliphatic carbocycles. The molecular weight excluding hydrogens is 338 g/mol. The van der Waals surface area contributed by atoms with Crippen molar-refractivity contribution in [3.8, 4) is 5.82 Å². The van der Waals surface area contributed by atoms with Gasteiger partial charge < -0.3 is 4.90 Å². The molecule has 1 saturated carbocycles. The third kappa shape index (κ3) is 3.58. The molecule has 0 radical (unpaired) electrons. The molecule has 0 spiro atoms. The van der Waals surface area contributed by atoms with Gasteiger partial charge in [0.1, 0.15) is 5.82 Å². The first-order chi connectivity index (χ1) is 13.4. The van der Waals surface area contributed by atoms with Gasteiger partial charge in [-0.3, -0.25) is 14.8 Å². The van der Waals surface area contributed by atoms with Gasteiger partial charge in [-0.15, -0.1) is 0 Å². The Hall–Kier alpha value is -1.99. The van der Waals surface area contributed by atoms with Gasteiger partial charge in [0.15, 0.2) is 5.82 Å². The molecule has 7 nitrogen and oxygen atoms in total. The summed E-state index contributed by atoms with van der Waals surface area (Å²) in [6.07, 6.45) is 14.4. The van der Waals surface area contributed by atoms with E-state index in [0.29, 0.717) is 6.04 Å². The summed E-state index contributed by atoms with van der Waals surface area (Å²) in [5.74, 6) is 1.74. The van der Waals surface area contributed by atoms with Crippen LogP contribution in [0, 0.1) is 0 Å². The van der Waals surface area contributed by atoms with E-state index >= 15 is 0 Å². The van der Waals surface area contributed by atoms with Crippen LogP contribution in [-0.2, 0) is 0 Å². The zero-order chi connectivity index (χ0) is 18.1. The van der Waals surface area contributed by atoms with Gasteiger partial charge in [0.2, 0.25) is 0 Å². The van der Waals surface area contributed by atoms with Gasteiger partial charge in [-0.05, 0) is 18.9 Å². The van der Waals surface area contributed by atoms with E-state index in [0.717, 1.165) is 30.8 Å². The fourth-order valence-electron chi connectivity index (χ4n) is 4.80. The van der Waals surface area contributed by atoms with Crippen LogP contribution in [0.1, 0.15) is 32.1 Å². The number of aromatic nitrogens is 4. The molecule has 0 aromatic carbocycles. The van der Waals surface area contributed by atoms with Gasteiger partial charge in [0.05, 0.1) is 12.4 Å². The van der Waals surface area contributed by atoms with E-state index < -0.39 is 0 Å². The highest BCUT2D eigenvalue weighted by molar-refractivity contribution is 5.43. The van der Waals surface area contributed by atoms with Gasteiger partial charge in [0, 0.05) is 63.7 Å². The minimum Gasteiger partial charge on any atom is -0.352 e. The SMILES string of the molecule is c1cnn(-c2cncc(N3CC(N4CCN(C5CCCCC5)CC4)C3)n2)c1. The Morgan fingerprint density at radius 3 is 2.22 bits per heavy atom. The molecule has 0 amide bonds. The molecule has 0 atom stereocenters. The topological polar surface area (TPSA) is 53.3 Å². The minimum absolute atomic E-state index is 0.661. The van der Waals surface area contributed by atoms with Gasteiger partial charge in [-0.25, -0.2) is 9.67 Å². The summed E-state index contributed by atoms with van der Waals surface area (Å²) in [5.41, 5.74) is 0. The maximum absolute atomic E-state index is 4.73. The average Bonchev–Trinajstić information content (AvgIpc) is 3.23. The van der Waals surface area contributed by atoms with E-state index in [9.17, 15) is 0 Å². The molecule has 0 unspecified atom stereocenters. The normalized spacial score (nSPS) is 23.5. The van der Waals surface area contributed by atoms with Crippen molar-refractivity contribution in [2.75, 3.05) is 44.2 Å². The summed E-state index contributed by atoms with van der Waals surface area (Å²) in [4.78, 5) is 16.9. The van der Waals surface area contributed by atoms with E-state index in [-0.39, 0.29) is 0 Å². The summed E-state index contributed by atoms with van der Waals surface area (Å²) in [6, 6.07) is 3.42. The Morgan fingerprint density at radius 2 is 1.52 bits per heavy atom. The van der Waals surface area contributed by atoms with Gasteiger partial charge in [0.25, 0.3) is 0 Å². The third-order valence-corrected chi connectivity index (χ3v) is 6.49.